The third-order valence-corrected chi connectivity index (χ3v) is 7.41. The van der Waals surface area contributed by atoms with E-state index in [-0.39, 0.29) is 23.2 Å². The number of aryl methyl sites for hydroxylation is 2. The molecule has 2 unspecified atom stereocenters. The summed E-state index contributed by atoms with van der Waals surface area (Å²) in [4.78, 5) is 24.6. The third-order valence-electron chi connectivity index (χ3n) is 7.41. The summed E-state index contributed by atoms with van der Waals surface area (Å²) in [5, 5.41) is 0.840. The van der Waals surface area contributed by atoms with Gasteiger partial charge in [0, 0.05) is 22.9 Å². The summed E-state index contributed by atoms with van der Waals surface area (Å²) in [6.45, 7) is 11.8. The lowest BCUT2D eigenvalue weighted by atomic mass is 9.87. The summed E-state index contributed by atoms with van der Waals surface area (Å²) in [7, 11) is 0. The van der Waals surface area contributed by atoms with Crippen LogP contribution in [-0.2, 0) is 16.0 Å². The molecule has 0 bridgehead atoms. The van der Waals surface area contributed by atoms with Crippen LogP contribution < -0.4 is 10.4 Å². The molecule has 1 aromatic heterocycles. The molecule has 2 aromatic carbocycles. The molecule has 0 radical (unpaired) electrons. The van der Waals surface area contributed by atoms with Crippen molar-refractivity contribution in [1.29, 1.82) is 0 Å². The Hall–Kier alpha value is -3.34. The number of hydrogen-bond donors (Lipinski definition) is 0. The quantitative estimate of drug-likeness (QED) is 0.138. The van der Waals surface area contributed by atoms with Gasteiger partial charge in [0.05, 0.1) is 5.56 Å². The van der Waals surface area contributed by atoms with Gasteiger partial charge in [0.25, 0.3) is 0 Å². The minimum absolute atomic E-state index is 0.137. The summed E-state index contributed by atoms with van der Waals surface area (Å²) in [6, 6.07) is 13.8. The van der Waals surface area contributed by atoms with E-state index in [1.165, 1.54) is 30.9 Å². The summed E-state index contributed by atoms with van der Waals surface area (Å²) < 4.78 is 17.6. The first-order chi connectivity index (χ1) is 17.2. The van der Waals surface area contributed by atoms with Gasteiger partial charge in [0.2, 0.25) is 0 Å². The molecule has 0 aliphatic heterocycles. The SMILES string of the molecule is C=CC(=O)OC1CCC(Oc2ccc3cc(-c4ccc(CCCCC)cc4C)c(=O)oc3c2)C1(C)C. The Morgan fingerprint density at radius 1 is 1.08 bits per heavy atom. The van der Waals surface area contributed by atoms with E-state index >= 15 is 0 Å². The number of fused-ring (bicyclic) bond motifs is 1. The number of esters is 1. The van der Waals surface area contributed by atoms with Crippen molar-refractivity contribution in [2.45, 2.75) is 78.4 Å². The fraction of sp³-hybridized carbons (Fsp3) is 0.419. The monoisotopic (exact) mass is 488 g/mol. The van der Waals surface area contributed by atoms with Crippen molar-refractivity contribution in [3.8, 4) is 16.9 Å². The molecule has 1 heterocycles. The maximum Gasteiger partial charge on any atom is 0.344 e. The van der Waals surface area contributed by atoms with Crippen LogP contribution in [0.1, 0.15) is 64.0 Å². The van der Waals surface area contributed by atoms with Crippen LogP contribution in [0.15, 0.2) is 64.3 Å². The third kappa shape index (κ3) is 5.40. The van der Waals surface area contributed by atoms with Crippen molar-refractivity contribution in [2.24, 2.45) is 5.41 Å². The largest absolute Gasteiger partial charge is 0.490 e. The second-order valence-electron chi connectivity index (χ2n) is 10.4. The van der Waals surface area contributed by atoms with Gasteiger partial charge in [-0.25, -0.2) is 9.59 Å². The summed E-state index contributed by atoms with van der Waals surface area (Å²) in [5.74, 6) is 0.207. The number of hydrogen-bond acceptors (Lipinski definition) is 5. The zero-order chi connectivity index (χ0) is 25.9. The zero-order valence-electron chi connectivity index (χ0n) is 21.8. The Morgan fingerprint density at radius 2 is 1.86 bits per heavy atom. The molecule has 0 saturated heterocycles. The first-order valence-electron chi connectivity index (χ1n) is 12.9. The normalized spacial score (nSPS) is 18.8. The molecule has 4 rings (SSSR count). The van der Waals surface area contributed by atoms with Crippen LogP contribution in [-0.4, -0.2) is 18.2 Å². The first kappa shape index (κ1) is 25.7. The zero-order valence-corrected chi connectivity index (χ0v) is 21.8. The molecule has 1 saturated carbocycles. The molecule has 0 N–H and O–H groups in total. The molecule has 0 spiro atoms. The number of carbonyl (C=O) groups is 1. The molecule has 190 valence electrons. The maximum atomic E-state index is 13.0. The highest BCUT2D eigenvalue weighted by Gasteiger charge is 2.47. The fourth-order valence-corrected chi connectivity index (χ4v) is 5.14. The Kier molecular flexibility index (Phi) is 7.67. The van der Waals surface area contributed by atoms with Gasteiger partial charge in [0.15, 0.2) is 0 Å². The Morgan fingerprint density at radius 3 is 2.58 bits per heavy atom. The second-order valence-corrected chi connectivity index (χ2v) is 10.4. The van der Waals surface area contributed by atoms with Crippen LogP contribution in [0.25, 0.3) is 22.1 Å². The Bertz CT molecular complexity index is 1320. The second kappa shape index (κ2) is 10.7. The van der Waals surface area contributed by atoms with Gasteiger partial charge in [-0.2, -0.15) is 0 Å². The minimum Gasteiger partial charge on any atom is -0.490 e. The van der Waals surface area contributed by atoms with Crippen molar-refractivity contribution in [3.05, 3.63) is 76.7 Å². The van der Waals surface area contributed by atoms with Crippen LogP contribution in [0.4, 0.5) is 0 Å². The van der Waals surface area contributed by atoms with Gasteiger partial charge < -0.3 is 13.9 Å². The van der Waals surface area contributed by atoms with E-state index in [0.29, 0.717) is 16.9 Å². The Labute approximate surface area is 213 Å². The number of unbranched alkanes of at least 4 members (excludes halogenated alkanes) is 2. The lowest BCUT2D eigenvalue weighted by molar-refractivity contribution is -0.148. The molecule has 3 aromatic rings. The van der Waals surface area contributed by atoms with Crippen LogP contribution >= 0.6 is 0 Å². The van der Waals surface area contributed by atoms with E-state index in [1.807, 2.05) is 45.0 Å². The van der Waals surface area contributed by atoms with Crippen LogP contribution in [0.2, 0.25) is 0 Å². The smallest absolute Gasteiger partial charge is 0.344 e. The average molecular weight is 489 g/mol. The highest BCUT2D eigenvalue weighted by molar-refractivity contribution is 5.83. The molecular formula is C31H36O5. The van der Waals surface area contributed by atoms with Crippen LogP contribution in [0.5, 0.6) is 5.75 Å². The van der Waals surface area contributed by atoms with Gasteiger partial charge in [-0.1, -0.05) is 58.4 Å². The molecule has 5 nitrogen and oxygen atoms in total. The van der Waals surface area contributed by atoms with Crippen molar-refractivity contribution >= 4 is 16.9 Å². The van der Waals surface area contributed by atoms with E-state index in [4.69, 9.17) is 13.9 Å². The standard InChI is InChI=1S/C31H36O5/c1-6-8-9-10-21-11-14-24(20(3)17-21)25-18-22-12-13-23(19-26(22)35-30(25)33)34-27-15-16-28(31(27,4)5)36-29(32)7-2/h7,11-14,17-19,27-28H,2,6,8-10,15-16H2,1,3-5H3. The highest BCUT2D eigenvalue weighted by atomic mass is 16.5. The van der Waals surface area contributed by atoms with Gasteiger partial charge in [-0.05, 0) is 67.5 Å². The molecule has 1 aliphatic rings. The van der Waals surface area contributed by atoms with E-state index in [0.717, 1.165) is 35.8 Å². The highest BCUT2D eigenvalue weighted by Crippen LogP contribution is 2.42. The van der Waals surface area contributed by atoms with Crippen LogP contribution in [0, 0.1) is 12.3 Å². The topological polar surface area (TPSA) is 65.7 Å². The maximum absolute atomic E-state index is 13.0. The van der Waals surface area contributed by atoms with Crippen molar-refractivity contribution in [3.63, 3.8) is 0 Å². The lowest BCUT2D eigenvalue weighted by Gasteiger charge is -2.32. The van der Waals surface area contributed by atoms with Crippen molar-refractivity contribution in [1.82, 2.24) is 0 Å². The fourth-order valence-electron chi connectivity index (χ4n) is 5.14. The molecule has 0 amide bonds. The van der Waals surface area contributed by atoms with Crippen molar-refractivity contribution in [2.75, 3.05) is 0 Å². The number of benzene rings is 2. The lowest BCUT2D eigenvalue weighted by Crippen LogP contribution is -2.38. The summed E-state index contributed by atoms with van der Waals surface area (Å²) in [6.07, 6.45) is 6.95. The summed E-state index contributed by atoms with van der Waals surface area (Å²) in [5.41, 5.74) is 3.60. The molecule has 2 atom stereocenters. The number of carbonyl (C=O) groups excluding carboxylic acids is 1. The van der Waals surface area contributed by atoms with Gasteiger partial charge >= 0.3 is 11.6 Å². The number of ether oxygens (including phenoxy) is 2. The van der Waals surface area contributed by atoms with Crippen LogP contribution in [0.3, 0.4) is 0 Å². The molecular weight excluding hydrogens is 452 g/mol. The van der Waals surface area contributed by atoms with E-state index in [1.54, 1.807) is 6.07 Å². The summed E-state index contributed by atoms with van der Waals surface area (Å²) >= 11 is 0. The van der Waals surface area contributed by atoms with Gasteiger partial charge in [-0.15, -0.1) is 0 Å². The molecule has 5 heteroatoms. The van der Waals surface area contributed by atoms with E-state index in [9.17, 15) is 9.59 Å². The Balaban J connectivity index is 1.54. The van der Waals surface area contributed by atoms with E-state index < -0.39 is 5.97 Å². The predicted octanol–water partition coefficient (Wildman–Crippen LogP) is 7.17. The number of rotatable bonds is 9. The molecule has 1 aliphatic carbocycles. The van der Waals surface area contributed by atoms with Gasteiger partial charge in [-0.3, -0.25) is 0 Å². The first-order valence-corrected chi connectivity index (χ1v) is 12.9. The van der Waals surface area contributed by atoms with E-state index in [2.05, 4.69) is 25.6 Å². The predicted molar refractivity (Wildman–Crippen MR) is 143 cm³/mol. The molecule has 36 heavy (non-hydrogen) atoms. The van der Waals surface area contributed by atoms with Gasteiger partial charge in [0.1, 0.15) is 23.5 Å². The van der Waals surface area contributed by atoms with Crippen molar-refractivity contribution < 1.29 is 18.7 Å². The average Bonchev–Trinajstić information content (AvgIpc) is 3.11. The molecule has 1 fully saturated rings. The minimum atomic E-state index is -0.418.